The van der Waals surface area contributed by atoms with Gasteiger partial charge in [-0.15, -0.1) is 0 Å². The molecule has 1 aromatic carbocycles. The van der Waals surface area contributed by atoms with Crippen LogP contribution >= 0.6 is 0 Å². The van der Waals surface area contributed by atoms with Gasteiger partial charge in [0.25, 0.3) is 0 Å². The summed E-state index contributed by atoms with van der Waals surface area (Å²) in [6.07, 6.45) is 5.97. The Morgan fingerprint density at radius 3 is 2.82 bits per heavy atom. The van der Waals surface area contributed by atoms with Crippen molar-refractivity contribution in [1.29, 1.82) is 0 Å². The minimum Gasteiger partial charge on any atom is -0.396 e. The average Bonchev–Trinajstić information content (AvgIpc) is 3.12. The molecule has 0 N–H and O–H groups in total. The van der Waals surface area contributed by atoms with Crippen LogP contribution in [-0.2, 0) is 0 Å². The summed E-state index contributed by atoms with van der Waals surface area (Å²) >= 11 is 0. The Bertz CT molecular complexity index is 891. The predicted molar refractivity (Wildman–Crippen MR) is 80.4 cm³/mol. The monoisotopic (exact) mass is 300 g/mol. The highest BCUT2D eigenvalue weighted by atomic mass is 19.2. The first-order chi connectivity index (χ1) is 10.5. The Hall–Kier alpha value is -2.50. The molecule has 2 aliphatic heterocycles. The molecule has 1 aromatic heterocycles. The van der Waals surface area contributed by atoms with Gasteiger partial charge >= 0.3 is 6.97 Å². The van der Waals surface area contributed by atoms with E-state index in [1.54, 1.807) is 30.4 Å². The van der Waals surface area contributed by atoms with Gasteiger partial charge in [0, 0.05) is 17.8 Å². The fourth-order valence-electron chi connectivity index (χ4n) is 3.16. The van der Waals surface area contributed by atoms with Crippen molar-refractivity contribution in [1.82, 2.24) is 4.48 Å². The molecule has 22 heavy (non-hydrogen) atoms. The molecule has 0 atom stereocenters. The summed E-state index contributed by atoms with van der Waals surface area (Å²) < 4.78 is 44.9. The highest BCUT2D eigenvalue weighted by molar-refractivity contribution is 6.57. The van der Waals surface area contributed by atoms with Crippen molar-refractivity contribution in [3.63, 3.8) is 0 Å². The van der Waals surface area contributed by atoms with E-state index in [0.717, 1.165) is 14.5 Å². The second-order valence-corrected chi connectivity index (χ2v) is 5.52. The Balaban J connectivity index is 2.09. The maximum Gasteiger partial charge on any atom is 0.737 e. The lowest BCUT2D eigenvalue weighted by molar-refractivity contribution is -0.356. The first kappa shape index (κ1) is 13.2. The van der Waals surface area contributed by atoms with Crippen molar-refractivity contribution < 1.29 is 17.5 Å². The smallest absolute Gasteiger partial charge is 0.396 e. The number of halogens is 3. The third-order valence-electron chi connectivity index (χ3n) is 4.21. The van der Waals surface area contributed by atoms with Crippen LogP contribution in [0.5, 0.6) is 0 Å². The Morgan fingerprint density at radius 1 is 1.18 bits per heavy atom. The molecule has 6 heteroatoms. The molecule has 0 saturated heterocycles. The highest BCUT2D eigenvalue weighted by Gasteiger charge is 2.51. The zero-order chi connectivity index (χ0) is 15.5. The van der Waals surface area contributed by atoms with Gasteiger partial charge < -0.3 is 17.6 Å². The minimum atomic E-state index is -3.91. The average molecular weight is 300 g/mol. The summed E-state index contributed by atoms with van der Waals surface area (Å²) in [6.45, 7) is -2.07. The van der Waals surface area contributed by atoms with Gasteiger partial charge in [0.05, 0.1) is 5.57 Å². The van der Waals surface area contributed by atoms with E-state index in [2.05, 4.69) is 0 Å². The number of aromatic nitrogens is 1. The van der Waals surface area contributed by atoms with Gasteiger partial charge in [-0.05, 0) is 48.5 Å². The van der Waals surface area contributed by atoms with E-state index in [4.69, 9.17) is 0 Å². The standard InChI is InChI=1S/C16H12BF3N2/c1-11-6-7-12(18)10-13(11)16-14-4-2-8-21(14)17(19,20)22-9-3-5-15(16)22/h2-10H,1H3. The molecular weight excluding hydrogens is 288 g/mol. The summed E-state index contributed by atoms with van der Waals surface area (Å²) in [5.74, 6) is -0.382. The zero-order valence-electron chi connectivity index (χ0n) is 11.8. The molecular formula is C16H12BF3N2. The molecule has 0 unspecified atom stereocenters. The number of allylic oxidation sites excluding steroid dienone is 2. The van der Waals surface area contributed by atoms with E-state index in [9.17, 15) is 13.0 Å². The predicted octanol–water partition coefficient (Wildman–Crippen LogP) is 3.58. The van der Waals surface area contributed by atoms with Crippen molar-refractivity contribution in [3.8, 4) is 0 Å². The van der Waals surface area contributed by atoms with E-state index >= 15 is 0 Å². The van der Waals surface area contributed by atoms with E-state index in [0.29, 0.717) is 22.5 Å². The third kappa shape index (κ3) is 1.61. The van der Waals surface area contributed by atoms with Crippen LogP contribution in [-0.4, -0.2) is 22.1 Å². The van der Waals surface area contributed by atoms with Crippen LogP contribution in [0, 0.1) is 12.7 Å². The number of nitrogens with zero attached hydrogens (tertiary/aromatic N) is 2. The molecule has 0 aliphatic carbocycles. The lowest BCUT2D eigenvalue weighted by Gasteiger charge is -2.31. The van der Waals surface area contributed by atoms with Crippen LogP contribution in [0.4, 0.5) is 13.0 Å². The first-order valence-electron chi connectivity index (χ1n) is 7.00. The highest BCUT2D eigenvalue weighted by Crippen LogP contribution is 2.39. The molecule has 0 bridgehead atoms. The maximum atomic E-state index is 14.6. The second-order valence-electron chi connectivity index (χ2n) is 5.52. The van der Waals surface area contributed by atoms with Gasteiger partial charge in [0.2, 0.25) is 0 Å². The van der Waals surface area contributed by atoms with Crippen molar-refractivity contribution >= 4 is 18.8 Å². The van der Waals surface area contributed by atoms with Crippen molar-refractivity contribution in [2.24, 2.45) is 0 Å². The van der Waals surface area contributed by atoms with Crippen LogP contribution < -0.4 is 0 Å². The molecule has 0 spiro atoms. The van der Waals surface area contributed by atoms with E-state index in [1.807, 2.05) is 6.92 Å². The Labute approximate surface area is 125 Å². The van der Waals surface area contributed by atoms with Crippen LogP contribution in [0.3, 0.4) is 0 Å². The second kappa shape index (κ2) is 4.26. The van der Waals surface area contributed by atoms with Crippen molar-refractivity contribution in [2.45, 2.75) is 6.92 Å². The lowest BCUT2D eigenvalue weighted by Crippen LogP contribution is -2.49. The molecule has 0 saturated carbocycles. The van der Waals surface area contributed by atoms with Crippen LogP contribution in [0.1, 0.15) is 16.8 Å². The number of rotatable bonds is 1. The Kier molecular flexibility index (Phi) is 2.55. The molecule has 2 nitrogen and oxygen atoms in total. The molecule has 2 aliphatic rings. The van der Waals surface area contributed by atoms with Crippen LogP contribution in [0.25, 0.3) is 5.57 Å². The number of aryl methyl sites for hydroxylation is 1. The number of hydrogen-bond donors (Lipinski definition) is 0. The van der Waals surface area contributed by atoms with Crippen molar-refractivity contribution in [2.75, 3.05) is 0 Å². The normalized spacial score (nSPS) is 18.3. The Morgan fingerprint density at radius 2 is 2.00 bits per heavy atom. The van der Waals surface area contributed by atoms with E-state index in [1.165, 1.54) is 24.5 Å². The number of benzene rings is 1. The topological polar surface area (TPSA) is 7.94 Å². The quantitative estimate of drug-likeness (QED) is 0.711. The summed E-state index contributed by atoms with van der Waals surface area (Å²) in [5.41, 5.74) is 2.91. The zero-order valence-corrected chi connectivity index (χ0v) is 11.8. The molecule has 3 heterocycles. The summed E-state index contributed by atoms with van der Waals surface area (Å²) in [7, 11) is 0. The van der Waals surface area contributed by atoms with Crippen molar-refractivity contribution in [3.05, 3.63) is 77.0 Å². The number of fused-ring (bicyclic) bond motifs is 2. The maximum absolute atomic E-state index is 14.6. The van der Waals surface area contributed by atoms with Gasteiger partial charge in [-0.3, -0.25) is 0 Å². The van der Waals surface area contributed by atoms with Gasteiger partial charge in [-0.25, -0.2) is 4.39 Å². The third-order valence-corrected chi connectivity index (χ3v) is 4.21. The SMILES string of the molecule is Cc1ccc(F)cc1C1=C2C=CC=[N+]2[B-](F)(F)n2cccc21. The summed E-state index contributed by atoms with van der Waals surface area (Å²) in [5, 5.41) is 0. The molecule has 0 amide bonds. The lowest BCUT2D eigenvalue weighted by atomic mass is 9.85. The molecule has 110 valence electrons. The number of hydrogen-bond acceptors (Lipinski definition) is 0. The van der Waals surface area contributed by atoms with Gasteiger partial charge in [-0.1, -0.05) is 6.07 Å². The fraction of sp³-hybridized carbons (Fsp3) is 0.0625. The molecule has 2 aromatic rings. The summed E-state index contributed by atoms with van der Waals surface area (Å²) in [4.78, 5) is 0. The van der Waals surface area contributed by atoms with Gasteiger partial charge in [0.15, 0.2) is 5.70 Å². The first-order valence-corrected chi connectivity index (χ1v) is 7.00. The summed E-state index contributed by atoms with van der Waals surface area (Å²) in [6, 6.07) is 7.67. The molecule has 4 rings (SSSR count). The van der Waals surface area contributed by atoms with E-state index in [-0.39, 0.29) is 5.82 Å². The van der Waals surface area contributed by atoms with Crippen LogP contribution in [0.2, 0.25) is 0 Å². The largest absolute Gasteiger partial charge is 0.737 e. The molecule has 0 radical (unpaired) electrons. The fourth-order valence-corrected chi connectivity index (χ4v) is 3.16. The van der Waals surface area contributed by atoms with Gasteiger partial charge in [-0.2, -0.15) is 0 Å². The van der Waals surface area contributed by atoms with Crippen LogP contribution in [0.15, 0.2) is 54.4 Å². The van der Waals surface area contributed by atoms with E-state index < -0.39 is 6.97 Å². The molecule has 0 fully saturated rings. The minimum absolute atomic E-state index is 0.382. The van der Waals surface area contributed by atoms with Gasteiger partial charge in [0.1, 0.15) is 12.0 Å².